The van der Waals surface area contributed by atoms with Crippen LogP contribution in [-0.2, 0) is 14.3 Å². The van der Waals surface area contributed by atoms with Crippen molar-refractivity contribution in [2.75, 3.05) is 0 Å². The molecule has 1 aliphatic rings. The first-order chi connectivity index (χ1) is 14.5. The molecule has 3 N–H and O–H groups in total. The molecule has 8 nitrogen and oxygen atoms in total. The highest BCUT2D eigenvalue weighted by Crippen LogP contribution is 2.30. The molecule has 1 aliphatic heterocycles. The summed E-state index contributed by atoms with van der Waals surface area (Å²) in [6.07, 6.45) is 6.09. The molecule has 0 bridgehead atoms. The maximum absolute atomic E-state index is 13.5. The first kappa shape index (κ1) is 26.9. The molecular weight excluding hydrogens is 400 g/mol. The molecule has 0 aromatic heterocycles. The van der Waals surface area contributed by atoms with Crippen molar-refractivity contribution < 1.29 is 29.3 Å². The molecule has 0 aliphatic carbocycles. The van der Waals surface area contributed by atoms with Crippen LogP contribution < -0.4 is 5.32 Å². The minimum absolute atomic E-state index is 0.00601. The standard InChI is InChI=1S/C23H40N2O6/c1-6-8-10-11-12-13-16(24-22(30)31-23(3,4)5)20(27)25-17(14-9-7-2)19(26)15-18(25)21(28)29/h6,16-19,26H,1,7-15H2,2-5H3,(H,24,30)(H,28,29)/t16-,17-,18-,19+/m0/s1. The van der Waals surface area contributed by atoms with Crippen LogP contribution in [0.5, 0.6) is 0 Å². The SMILES string of the molecule is C=CCCCCC[C@H](NC(=O)OC(C)(C)C)C(=O)N1[C@H](C(=O)O)C[C@@H](O)[C@@H]1CCCC. The number of aliphatic hydroxyl groups is 1. The molecule has 31 heavy (non-hydrogen) atoms. The van der Waals surface area contributed by atoms with Gasteiger partial charge in [0.2, 0.25) is 5.91 Å². The number of carboxylic acids is 1. The molecule has 4 atom stereocenters. The Morgan fingerprint density at radius 3 is 2.45 bits per heavy atom. The molecule has 0 saturated carbocycles. The van der Waals surface area contributed by atoms with Gasteiger partial charge in [-0.2, -0.15) is 0 Å². The van der Waals surface area contributed by atoms with Gasteiger partial charge in [-0.25, -0.2) is 9.59 Å². The van der Waals surface area contributed by atoms with Crippen molar-refractivity contribution in [3.8, 4) is 0 Å². The van der Waals surface area contributed by atoms with Crippen LogP contribution in [-0.4, -0.2) is 62.9 Å². The number of aliphatic carboxylic acids is 1. The fourth-order valence-electron chi connectivity index (χ4n) is 3.90. The summed E-state index contributed by atoms with van der Waals surface area (Å²) in [7, 11) is 0. The number of carboxylic acid groups (broad SMARTS) is 1. The predicted octanol–water partition coefficient (Wildman–Crippen LogP) is 3.62. The quantitative estimate of drug-likeness (QED) is 0.315. The molecule has 178 valence electrons. The maximum Gasteiger partial charge on any atom is 0.408 e. The van der Waals surface area contributed by atoms with Crippen LogP contribution >= 0.6 is 0 Å². The Balaban J connectivity index is 3.04. The van der Waals surface area contributed by atoms with Gasteiger partial charge in [-0.05, 0) is 46.5 Å². The number of nitrogens with zero attached hydrogens (tertiary/aromatic N) is 1. The third-order valence-corrected chi connectivity index (χ3v) is 5.39. The third-order valence-electron chi connectivity index (χ3n) is 5.39. The first-order valence-electron chi connectivity index (χ1n) is 11.3. The molecule has 0 aromatic carbocycles. The van der Waals surface area contributed by atoms with Gasteiger partial charge >= 0.3 is 12.1 Å². The van der Waals surface area contributed by atoms with Crippen LogP contribution in [0.4, 0.5) is 4.79 Å². The van der Waals surface area contributed by atoms with Crippen LogP contribution in [0, 0.1) is 0 Å². The van der Waals surface area contributed by atoms with Gasteiger partial charge in [0.15, 0.2) is 0 Å². The van der Waals surface area contributed by atoms with E-state index >= 15 is 0 Å². The van der Waals surface area contributed by atoms with Crippen molar-refractivity contribution in [2.24, 2.45) is 0 Å². The molecule has 1 rings (SSSR count). The average Bonchev–Trinajstić information content (AvgIpc) is 2.99. The molecule has 8 heteroatoms. The number of hydrogen-bond acceptors (Lipinski definition) is 5. The lowest BCUT2D eigenvalue weighted by atomic mass is 10.0. The van der Waals surface area contributed by atoms with Gasteiger partial charge in [0.1, 0.15) is 17.7 Å². The fraction of sp³-hybridized carbons (Fsp3) is 0.783. The summed E-state index contributed by atoms with van der Waals surface area (Å²) in [4.78, 5) is 38.9. The van der Waals surface area contributed by atoms with Crippen molar-refractivity contribution in [1.29, 1.82) is 0 Å². The van der Waals surface area contributed by atoms with E-state index < -0.39 is 47.8 Å². The summed E-state index contributed by atoms with van der Waals surface area (Å²) in [5, 5.41) is 22.8. The number of carbonyl (C=O) groups is 3. The minimum atomic E-state index is -1.15. The largest absolute Gasteiger partial charge is 0.480 e. The minimum Gasteiger partial charge on any atom is -0.480 e. The lowest BCUT2D eigenvalue weighted by Gasteiger charge is -2.33. The second-order valence-electron chi connectivity index (χ2n) is 9.24. The summed E-state index contributed by atoms with van der Waals surface area (Å²) in [5.74, 6) is -1.62. The summed E-state index contributed by atoms with van der Waals surface area (Å²) in [5.41, 5.74) is -0.723. The van der Waals surface area contributed by atoms with Gasteiger partial charge < -0.3 is 25.2 Å². The highest BCUT2D eigenvalue weighted by Gasteiger charge is 2.47. The topological polar surface area (TPSA) is 116 Å². The van der Waals surface area contributed by atoms with E-state index in [-0.39, 0.29) is 6.42 Å². The van der Waals surface area contributed by atoms with Gasteiger partial charge in [-0.3, -0.25) is 4.79 Å². The maximum atomic E-state index is 13.5. The van der Waals surface area contributed by atoms with E-state index in [0.717, 1.165) is 32.1 Å². The van der Waals surface area contributed by atoms with E-state index in [2.05, 4.69) is 11.9 Å². The molecule has 0 aromatic rings. The van der Waals surface area contributed by atoms with E-state index in [1.807, 2.05) is 13.0 Å². The van der Waals surface area contributed by atoms with Crippen molar-refractivity contribution in [1.82, 2.24) is 10.2 Å². The zero-order valence-corrected chi connectivity index (χ0v) is 19.4. The molecule has 1 fully saturated rings. The normalized spacial score (nSPS) is 22.1. The fourth-order valence-corrected chi connectivity index (χ4v) is 3.90. The molecule has 1 heterocycles. The number of carbonyl (C=O) groups excluding carboxylic acids is 2. The van der Waals surface area contributed by atoms with E-state index in [0.29, 0.717) is 19.3 Å². The first-order valence-corrected chi connectivity index (χ1v) is 11.3. The van der Waals surface area contributed by atoms with E-state index in [1.165, 1.54) is 4.90 Å². The van der Waals surface area contributed by atoms with Crippen molar-refractivity contribution in [3.63, 3.8) is 0 Å². The number of likely N-dealkylation sites (tertiary alicyclic amines) is 1. The molecule has 0 unspecified atom stereocenters. The number of nitrogens with one attached hydrogen (secondary N) is 1. The van der Waals surface area contributed by atoms with E-state index in [1.54, 1.807) is 20.8 Å². The Morgan fingerprint density at radius 1 is 1.23 bits per heavy atom. The smallest absolute Gasteiger partial charge is 0.408 e. The van der Waals surface area contributed by atoms with Crippen LogP contribution in [0.3, 0.4) is 0 Å². The average molecular weight is 441 g/mol. The van der Waals surface area contributed by atoms with E-state index in [4.69, 9.17) is 4.74 Å². The summed E-state index contributed by atoms with van der Waals surface area (Å²) in [6, 6.07) is -2.58. The molecule has 0 radical (unpaired) electrons. The molecular formula is C23H40N2O6. The van der Waals surface area contributed by atoms with E-state index in [9.17, 15) is 24.6 Å². The van der Waals surface area contributed by atoms with Crippen LogP contribution in [0.25, 0.3) is 0 Å². The van der Waals surface area contributed by atoms with Gasteiger partial charge in [0.25, 0.3) is 0 Å². The van der Waals surface area contributed by atoms with Crippen molar-refractivity contribution >= 4 is 18.0 Å². The zero-order chi connectivity index (χ0) is 23.6. The Kier molecular flexibility index (Phi) is 11.0. The molecule has 2 amide bonds. The number of ether oxygens (including phenoxy) is 1. The van der Waals surface area contributed by atoms with Crippen LogP contribution in [0.15, 0.2) is 12.7 Å². The van der Waals surface area contributed by atoms with Gasteiger partial charge in [0, 0.05) is 6.42 Å². The zero-order valence-electron chi connectivity index (χ0n) is 19.4. The number of rotatable bonds is 12. The Labute approximate surface area is 186 Å². The summed E-state index contributed by atoms with van der Waals surface area (Å²) >= 11 is 0. The highest BCUT2D eigenvalue weighted by molar-refractivity contribution is 5.90. The molecule has 1 saturated heterocycles. The summed E-state index contributed by atoms with van der Waals surface area (Å²) < 4.78 is 5.31. The second-order valence-corrected chi connectivity index (χ2v) is 9.24. The second kappa shape index (κ2) is 12.7. The number of aliphatic hydroxyl groups excluding tert-OH is 1. The number of amides is 2. The molecule has 0 spiro atoms. The van der Waals surface area contributed by atoms with Crippen molar-refractivity contribution in [2.45, 2.75) is 115 Å². The predicted molar refractivity (Wildman–Crippen MR) is 119 cm³/mol. The summed E-state index contributed by atoms with van der Waals surface area (Å²) in [6.45, 7) is 10.9. The van der Waals surface area contributed by atoms with Gasteiger partial charge in [0.05, 0.1) is 12.1 Å². The van der Waals surface area contributed by atoms with Gasteiger partial charge in [-0.1, -0.05) is 38.7 Å². The Hall–Kier alpha value is -2.09. The van der Waals surface area contributed by atoms with Crippen LogP contribution in [0.1, 0.15) is 85.5 Å². The monoisotopic (exact) mass is 440 g/mol. The van der Waals surface area contributed by atoms with Gasteiger partial charge in [-0.15, -0.1) is 6.58 Å². The van der Waals surface area contributed by atoms with Crippen LogP contribution in [0.2, 0.25) is 0 Å². The lowest BCUT2D eigenvalue weighted by Crippen LogP contribution is -2.55. The number of hydrogen-bond donors (Lipinski definition) is 3. The number of unbranched alkanes of at least 4 members (excludes halogenated alkanes) is 4. The Morgan fingerprint density at radius 2 is 1.90 bits per heavy atom. The lowest BCUT2D eigenvalue weighted by molar-refractivity contribution is -0.150. The highest BCUT2D eigenvalue weighted by atomic mass is 16.6. The Bertz CT molecular complexity index is 616. The number of alkyl carbamates (subject to hydrolysis) is 1. The van der Waals surface area contributed by atoms with Crippen molar-refractivity contribution in [3.05, 3.63) is 12.7 Å². The number of allylic oxidation sites excluding steroid dienone is 1. The third kappa shape index (κ3) is 8.89.